The highest BCUT2D eigenvalue weighted by Gasteiger charge is 2.07. The van der Waals surface area contributed by atoms with E-state index in [9.17, 15) is 4.79 Å². The third-order valence-corrected chi connectivity index (χ3v) is 2.63. The Morgan fingerprint density at radius 1 is 1.50 bits per heavy atom. The summed E-state index contributed by atoms with van der Waals surface area (Å²) in [4.78, 5) is 11.7. The van der Waals surface area contributed by atoms with Crippen LogP contribution in [0.25, 0.3) is 0 Å². The Kier molecular flexibility index (Phi) is 5.29. The lowest BCUT2D eigenvalue weighted by atomic mass is 10.1. The Hall–Kier alpha value is -1.06. The molecule has 0 spiro atoms. The molecule has 0 unspecified atom stereocenters. The van der Waals surface area contributed by atoms with Gasteiger partial charge in [0.1, 0.15) is 0 Å². The number of carbonyl (C=O) groups is 1. The average Bonchev–Trinajstić information content (AvgIpc) is 2.29. The van der Waals surface area contributed by atoms with Gasteiger partial charge >= 0.3 is 0 Å². The Morgan fingerprint density at radius 3 is 2.88 bits per heavy atom. The Morgan fingerprint density at radius 2 is 2.25 bits per heavy atom. The van der Waals surface area contributed by atoms with Crippen molar-refractivity contribution in [1.82, 2.24) is 5.32 Å². The summed E-state index contributed by atoms with van der Waals surface area (Å²) in [6.07, 6.45) is 1.89. The Bertz CT molecular complexity index is 366. The predicted octanol–water partition coefficient (Wildman–Crippen LogP) is 1.98. The standard InChI is InChI=1S/C12H17ClN2O/c1-2-3-9-8-10(4-5-11(9)13)12(16)15-7-6-14/h4-5,8H,2-3,6-7,14H2,1H3,(H,15,16). The largest absolute Gasteiger partial charge is 0.351 e. The number of nitrogens with two attached hydrogens (primary N) is 1. The first kappa shape index (κ1) is 13.0. The molecule has 88 valence electrons. The van der Waals surface area contributed by atoms with Crippen LogP contribution in [0.4, 0.5) is 0 Å². The second-order valence-corrected chi connectivity index (χ2v) is 4.01. The maximum absolute atomic E-state index is 11.7. The monoisotopic (exact) mass is 240 g/mol. The molecule has 3 N–H and O–H groups in total. The van der Waals surface area contributed by atoms with Gasteiger partial charge in [-0.25, -0.2) is 0 Å². The highest BCUT2D eigenvalue weighted by Crippen LogP contribution is 2.19. The zero-order valence-electron chi connectivity index (χ0n) is 9.42. The first-order valence-electron chi connectivity index (χ1n) is 5.45. The number of halogens is 1. The first-order valence-corrected chi connectivity index (χ1v) is 5.83. The van der Waals surface area contributed by atoms with Crippen LogP contribution in [0.2, 0.25) is 5.02 Å². The van der Waals surface area contributed by atoms with E-state index in [1.54, 1.807) is 12.1 Å². The first-order chi connectivity index (χ1) is 7.69. The zero-order chi connectivity index (χ0) is 12.0. The SMILES string of the molecule is CCCc1cc(C(=O)NCCN)ccc1Cl. The van der Waals surface area contributed by atoms with E-state index in [1.807, 2.05) is 6.07 Å². The molecule has 1 amide bonds. The van der Waals surface area contributed by atoms with Crippen LogP contribution in [0, 0.1) is 0 Å². The summed E-state index contributed by atoms with van der Waals surface area (Å²) in [5.74, 6) is -0.0977. The van der Waals surface area contributed by atoms with Crippen LogP contribution >= 0.6 is 11.6 Å². The van der Waals surface area contributed by atoms with Gasteiger partial charge in [0.15, 0.2) is 0 Å². The molecular formula is C12H17ClN2O. The Labute approximate surface area is 101 Å². The molecule has 0 aromatic heterocycles. The van der Waals surface area contributed by atoms with Crippen LogP contribution in [0.15, 0.2) is 18.2 Å². The summed E-state index contributed by atoms with van der Waals surface area (Å²) in [6.45, 7) is 3.02. The molecule has 0 aliphatic rings. The van der Waals surface area contributed by atoms with E-state index in [0.29, 0.717) is 18.7 Å². The van der Waals surface area contributed by atoms with Gasteiger partial charge in [0.2, 0.25) is 0 Å². The predicted molar refractivity (Wildman–Crippen MR) is 66.8 cm³/mol. The second-order valence-electron chi connectivity index (χ2n) is 3.60. The number of rotatable bonds is 5. The van der Waals surface area contributed by atoms with Gasteiger partial charge in [0.25, 0.3) is 5.91 Å². The lowest BCUT2D eigenvalue weighted by Crippen LogP contribution is -2.29. The minimum atomic E-state index is -0.0977. The smallest absolute Gasteiger partial charge is 0.251 e. The maximum atomic E-state index is 11.7. The number of benzene rings is 1. The summed E-state index contributed by atoms with van der Waals surface area (Å²) in [6, 6.07) is 5.34. The number of aryl methyl sites for hydroxylation is 1. The van der Waals surface area contributed by atoms with E-state index >= 15 is 0 Å². The molecule has 0 aliphatic heterocycles. The molecule has 4 heteroatoms. The number of nitrogens with one attached hydrogen (secondary N) is 1. The molecule has 0 heterocycles. The van der Waals surface area contributed by atoms with Crippen molar-refractivity contribution in [2.45, 2.75) is 19.8 Å². The van der Waals surface area contributed by atoms with Crippen molar-refractivity contribution < 1.29 is 4.79 Å². The average molecular weight is 241 g/mol. The molecule has 1 aromatic carbocycles. The van der Waals surface area contributed by atoms with Crippen molar-refractivity contribution in [3.63, 3.8) is 0 Å². The van der Waals surface area contributed by atoms with Gasteiger partial charge in [-0.05, 0) is 30.2 Å². The van der Waals surface area contributed by atoms with Crippen molar-refractivity contribution in [1.29, 1.82) is 0 Å². The third-order valence-electron chi connectivity index (χ3n) is 2.26. The number of amides is 1. The maximum Gasteiger partial charge on any atom is 0.251 e. The molecule has 0 bridgehead atoms. The fraction of sp³-hybridized carbons (Fsp3) is 0.417. The van der Waals surface area contributed by atoms with Crippen LogP contribution < -0.4 is 11.1 Å². The lowest BCUT2D eigenvalue weighted by molar-refractivity contribution is 0.0954. The molecule has 0 saturated heterocycles. The fourth-order valence-electron chi connectivity index (χ4n) is 1.46. The topological polar surface area (TPSA) is 55.1 Å². The van der Waals surface area contributed by atoms with Crippen LogP contribution in [0.5, 0.6) is 0 Å². The molecule has 3 nitrogen and oxygen atoms in total. The van der Waals surface area contributed by atoms with Gasteiger partial charge in [0.05, 0.1) is 0 Å². The van der Waals surface area contributed by atoms with E-state index < -0.39 is 0 Å². The van der Waals surface area contributed by atoms with Crippen molar-refractivity contribution in [2.75, 3.05) is 13.1 Å². The fourth-order valence-corrected chi connectivity index (χ4v) is 1.68. The second kappa shape index (κ2) is 6.51. The minimum Gasteiger partial charge on any atom is -0.351 e. The van der Waals surface area contributed by atoms with E-state index in [0.717, 1.165) is 23.4 Å². The van der Waals surface area contributed by atoms with Gasteiger partial charge in [-0.2, -0.15) is 0 Å². The molecule has 0 radical (unpaired) electrons. The van der Waals surface area contributed by atoms with Gasteiger partial charge in [0, 0.05) is 23.7 Å². The molecule has 0 atom stereocenters. The molecular weight excluding hydrogens is 224 g/mol. The quantitative estimate of drug-likeness (QED) is 0.827. The van der Waals surface area contributed by atoms with Gasteiger partial charge in [-0.1, -0.05) is 24.9 Å². The molecule has 1 aromatic rings. The van der Waals surface area contributed by atoms with Crippen LogP contribution in [0.1, 0.15) is 29.3 Å². The van der Waals surface area contributed by atoms with E-state index in [2.05, 4.69) is 12.2 Å². The third kappa shape index (κ3) is 3.51. The van der Waals surface area contributed by atoms with E-state index in [1.165, 1.54) is 0 Å². The van der Waals surface area contributed by atoms with Gasteiger partial charge < -0.3 is 11.1 Å². The summed E-state index contributed by atoms with van der Waals surface area (Å²) < 4.78 is 0. The van der Waals surface area contributed by atoms with Crippen molar-refractivity contribution in [2.24, 2.45) is 5.73 Å². The van der Waals surface area contributed by atoms with Crippen LogP contribution in [0.3, 0.4) is 0 Å². The highest BCUT2D eigenvalue weighted by atomic mass is 35.5. The van der Waals surface area contributed by atoms with Gasteiger partial charge in [-0.3, -0.25) is 4.79 Å². The number of hydrogen-bond donors (Lipinski definition) is 2. The van der Waals surface area contributed by atoms with Crippen LogP contribution in [-0.4, -0.2) is 19.0 Å². The molecule has 0 saturated carbocycles. The minimum absolute atomic E-state index is 0.0977. The number of hydrogen-bond acceptors (Lipinski definition) is 2. The molecule has 0 fully saturated rings. The summed E-state index contributed by atoms with van der Waals surface area (Å²) in [5.41, 5.74) is 6.98. The lowest BCUT2D eigenvalue weighted by Gasteiger charge is -2.07. The zero-order valence-corrected chi connectivity index (χ0v) is 10.2. The summed E-state index contributed by atoms with van der Waals surface area (Å²) in [7, 11) is 0. The van der Waals surface area contributed by atoms with Crippen molar-refractivity contribution >= 4 is 17.5 Å². The van der Waals surface area contributed by atoms with E-state index in [-0.39, 0.29) is 5.91 Å². The number of carbonyl (C=O) groups excluding carboxylic acids is 1. The molecule has 0 aliphatic carbocycles. The Balaban J connectivity index is 2.81. The summed E-state index contributed by atoms with van der Waals surface area (Å²) in [5, 5.41) is 3.45. The molecule has 16 heavy (non-hydrogen) atoms. The summed E-state index contributed by atoms with van der Waals surface area (Å²) >= 11 is 6.03. The highest BCUT2D eigenvalue weighted by molar-refractivity contribution is 6.31. The van der Waals surface area contributed by atoms with E-state index in [4.69, 9.17) is 17.3 Å². The van der Waals surface area contributed by atoms with Gasteiger partial charge in [-0.15, -0.1) is 0 Å². The molecule has 1 rings (SSSR count). The van der Waals surface area contributed by atoms with Crippen molar-refractivity contribution in [3.05, 3.63) is 34.3 Å². The normalized spacial score (nSPS) is 10.2. The van der Waals surface area contributed by atoms with Crippen molar-refractivity contribution in [3.8, 4) is 0 Å². The van der Waals surface area contributed by atoms with Crippen LogP contribution in [-0.2, 0) is 6.42 Å².